The molecule has 336 valence electrons. The van der Waals surface area contributed by atoms with Crippen molar-refractivity contribution in [3.05, 3.63) is 235 Å². The molecule has 4 aromatic heterocycles. The number of aryl methyl sites for hydroxylation is 1. The van der Waals surface area contributed by atoms with Gasteiger partial charge in [-0.15, -0.1) is 0 Å². The summed E-state index contributed by atoms with van der Waals surface area (Å²) < 4.78 is 54.7. The number of halogens is 3. The molecule has 0 N–H and O–H groups in total. The monoisotopic (exact) mass is 921 g/mol. The average molecular weight is 922 g/mol. The SMILES string of the molecule is [C-]#[N+]c1cc(-n2c3ccccc3c3ccc(-n4c5ccccc5c5ccccc54)cc32)c(-n2c3ccccc3c3ccc(-n4c5ccccc5c5ccccc54)cc32)cc1-c1c(C)cccc1C(F)(F)F. The predicted octanol–water partition coefficient (Wildman–Crippen LogP) is 17.6. The Kier molecular flexibility index (Phi) is 8.65. The molecule has 0 amide bonds. The van der Waals surface area contributed by atoms with E-state index in [1.165, 1.54) is 6.07 Å². The van der Waals surface area contributed by atoms with E-state index in [0.29, 0.717) is 16.9 Å². The Labute approximate surface area is 404 Å². The Balaban J connectivity index is 1.14. The summed E-state index contributed by atoms with van der Waals surface area (Å²) in [5.74, 6) is 0. The topological polar surface area (TPSA) is 24.1 Å². The zero-order valence-corrected chi connectivity index (χ0v) is 38.1. The van der Waals surface area contributed by atoms with Crippen molar-refractivity contribution in [1.29, 1.82) is 0 Å². The van der Waals surface area contributed by atoms with Gasteiger partial charge in [-0.2, -0.15) is 13.2 Å². The summed E-state index contributed by atoms with van der Waals surface area (Å²) in [6.07, 6.45) is -4.68. The maximum atomic E-state index is 15.3. The van der Waals surface area contributed by atoms with Gasteiger partial charge in [0.05, 0.1) is 67.6 Å². The average Bonchev–Trinajstić information content (AvgIpc) is 4.13. The number of fused-ring (bicyclic) bond motifs is 12. The molecule has 14 rings (SSSR count). The fourth-order valence-electron chi connectivity index (χ4n) is 11.6. The molecule has 0 spiro atoms. The standard InChI is InChI=1S/C63H38F3N5/c1-38-16-15-23-50(63(64,65)66)62(38)49-36-60(70-56-28-13-7-21-45(56)47-32-30-39(34-58(47)70)68-52-24-9-3-17-41(52)42-18-4-10-25-53(42)68)61(37-51(49)67-2)71-57-29-14-8-22-46(57)48-33-31-40(35-59(48)71)69-54-26-11-5-19-43(54)44-20-6-12-27-55(44)69/h3-37H,1H3. The molecule has 0 saturated carbocycles. The molecule has 0 aliphatic heterocycles. The summed E-state index contributed by atoms with van der Waals surface area (Å²) in [6, 6.07) is 71.0. The number of para-hydroxylation sites is 6. The minimum absolute atomic E-state index is 0.0126. The van der Waals surface area contributed by atoms with Crippen LogP contribution in [0.3, 0.4) is 0 Å². The summed E-state index contributed by atoms with van der Waals surface area (Å²) in [6.45, 7) is 10.4. The molecular formula is C63H38F3N5. The molecule has 0 aliphatic carbocycles. The minimum Gasteiger partial charge on any atom is -0.309 e. The Hall–Kier alpha value is -9.32. The fraction of sp³-hybridized carbons (Fsp3) is 0.0317. The molecule has 0 aliphatic rings. The summed E-state index contributed by atoms with van der Waals surface area (Å²) in [4.78, 5) is 4.07. The fourth-order valence-corrected chi connectivity index (χ4v) is 11.6. The van der Waals surface area contributed by atoms with Crippen molar-refractivity contribution >= 4 is 92.9 Å². The third-order valence-corrected chi connectivity index (χ3v) is 14.5. The maximum Gasteiger partial charge on any atom is 0.416 e. The number of alkyl halides is 3. The van der Waals surface area contributed by atoms with Gasteiger partial charge in [0.15, 0.2) is 5.69 Å². The van der Waals surface area contributed by atoms with Gasteiger partial charge in [-0.05, 0) is 102 Å². The second-order valence-electron chi connectivity index (χ2n) is 18.3. The van der Waals surface area contributed by atoms with Crippen LogP contribution in [-0.4, -0.2) is 18.3 Å². The van der Waals surface area contributed by atoms with Crippen molar-refractivity contribution < 1.29 is 13.2 Å². The summed E-state index contributed by atoms with van der Waals surface area (Å²) in [5, 5.41) is 8.53. The number of aromatic nitrogens is 4. The van der Waals surface area contributed by atoms with Crippen molar-refractivity contribution in [2.45, 2.75) is 13.1 Å². The summed E-state index contributed by atoms with van der Waals surface area (Å²) in [5.41, 5.74) is 10.9. The van der Waals surface area contributed by atoms with Gasteiger partial charge < -0.3 is 18.3 Å². The van der Waals surface area contributed by atoms with Crippen LogP contribution in [-0.2, 0) is 6.18 Å². The Morgan fingerprint density at radius 3 is 1.10 bits per heavy atom. The van der Waals surface area contributed by atoms with Crippen molar-refractivity contribution in [3.8, 4) is 33.9 Å². The van der Waals surface area contributed by atoms with Gasteiger partial charge in [-0.3, -0.25) is 0 Å². The number of nitrogens with zero attached hydrogens (tertiary/aromatic N) is 5. The van der Waals surface area contributed by atoms with E-state index < -0.39 is 11.7 Å². The van der Waals surface area contributed by atoms with Crippen LogP contribution in [0.25, 0.3) is 126 Å². The molecule has 0 fully saturated rings. The second-order valence-corrected chi connectivity index (χ2v) is 18.3. The van der Waals surface area contributed by atoms with Crippen LogP contribution in [0, 0.1) is 13.5 Å². The molecule has 0 saturated heterocycles. The van der Waals surface area contributed by atoms with E-state index in [1.807, 2.05) is 30.3 Å². The lowest BCUT2D eigenvalue weighted by Crippen LogP contribution is -2.09. The smallest absolute Gasteiger partial charge is 0.309 e. The first-order valence-electron chi connectivity index (χ1n) is 23.5. The molecule has 8 heteroatoms. The number of hydrogen-bond donors (Lipinski definition) is 0. The van der Waals surface area contributed by atoms with Gasteiger partial charge in [0, 0.05) is 54.5 Å². The lowest BCUT2D eigenvalue weighted by Gasteiger charge is -2.22. The third-order valence-electron chi connectivity index (χ3n) is 14.5. The van der Waals surface area contributed by atoms with Crippen LogP contribution in [0.5, 0.6) is 0 Å². The highest BCUT2D eigenvalue weighted by Gasteiger charge is 2.35. The van der Waals surface area contributed by atoms with Crippen LogP contribution >= 0.6 is 0 Å². The number of hydrogen-bond acceptors (Lipinski definition) is 0. The highest BCUT2D eigenvalue weighted by atomic mass is 19.4. The first kappa shape index (κ1) is 40.7. The van der Waals surface area contributed by atoms with Crippen LogP contribution < -0.4 is 0 Å². The highest BCUT2D eigenvalue weighted by Crippen LogP contribution is 2.48. The quantitative estimate of drug-likeness (QED) is 0.154. The van der Waals surface area contributed by atoms with E-state index in [2.05, 4.69) is 181 Å². The highest BCUT2D eigenvalue weighted by molar-refractivity contribution is 6.15. The second kappa shape index (κ2) is 15.1. The molecule has 0 atom stereocenters. The lowest BCUT2D eigenvalue weighted by molar-refractivity contribution is -0.137. The zero-order chi connectivity index (χ0) is 47.7. The zero-order valence-electron chi connectivity index (χ0n) is 38.1. The van der Waals surface area contributed by atoms with E-state index in [-0.39, 0.29) is 16.8 Å². The maximum absolute atomic E-state index is 15.3. The summed E-state index contributed by atoms with van der Waals surface area (Å²) in [7, 11) is 0. The van der Waals surface area contributed by atoms with E-state index in [4.69, 9.17) is 6.57 Å². The van der Waals surface area contributed by atoms with Crippen LogP contribution in [0.2, 0.25) is 0 Å². The predicted molar refractivity (Wildman–Crippen MR) is 285 cm³/mol. The molecule has 0 radical (unpaired) electrons. The number of benzene rings is 10. The van der Waals surface area contributed by atoms with E-state index in [0.717, 1.165) is 105 Å². The molecule has 0 bridgehead atoms. The van der Waals surface area contributed by atoms with E-state index in [1.54, 1.807) is 19.1 Å². The Bertz CT molecular complexity index is 4500. The van der Waals surface area contributed by atoms with Crippen molar-refractivity contribution in [1.82, 2.24) is 18.3 Å². The largest absolute Gasteiger partial charge is 0.416 e. The van der Waals surface area contributed by atoms with Crippen LogP contribution in [0.4, 0.5) is 18.9 Å². The normalized spacial score (nSPS) is 12.2. The van der Waals surface area contributed by atoms with Gasteiger partial charge >= 0.3 is 6.18 Å². The first-order chi connectivity index (χ1) is 34.8. The Morgan fingerprint density at radius 1 is 0.366 bits per heavy atom. The van der Waals surface area contributed by atoms with Crippen molar-refractivity contribution in [3.63, 3.8) is 0 Å². The minimum atomic E-state index is -4.68. The van der Waals surface area contributed by atoms with Crippen LogP contribution in [0.1, 0.15) is 11.1 Å². The van der Waals surface area contributed by atoms with Gasteiger partial charge in [0.2, 0.25) is 0 Å². The molecule has 5 nitrogen and oxygen atoms in total. The lowest BCUT2D eigenvalue weighted by atomic mass is 9.92. The molecular weight excluding hydrogens is 884 g/mol. The third kappa shape index (κ3) is 5.87. The first-order valence-corrected chi connectivity index (χ1v) is 23.5. The molecule has 4 heterocycles. The van der Waals surface area contributed by atoms with Gasteiger partial charge in [-0.1, -0.05) is 133 Å². The van der Waals surface area contributed by atoms with Gasteiger partial charge in [0.1, 0.15) is 0 Å². The molecule has 14 aromatic rings. The van der Waals surface area contributed by atoms with Crippen LogP contribution in [0.15, 0.2) is 212 Å². The van der Waals surface area contributed by atoms with E-state index in [9.17, 15) is 0 Å². The van der Waals surface area contributed by atoms with Crippen molar-refractivity contribution in [2.75, 3.05) is 0 Å². The molecule has 0 unspecified atom stereocenters. The molecule has 10 aromatic carbocycles. The van der Waals surface area contributed by atoms with Crippen molar-refractivity contribution in [2.24, 2.45) is 0 Å². The summed E-state index contributed by atoms with van der Waals surface area (Å²) >= 11 is 0. The van der Waals surface area contributed by atoms with E-state index >= 15 is 13.2 Å². The number of rotatable bonds is 5. The van der Waals surface area contributed by atoms with Gasteiger partial charge in [-0.25, -0.2) is 4.85 Å². The Morgan fingerprint density at radius 2 is 0.718 bits per heavy atom. The molecule has 71 heavy (non-hydrogen) atoms. The van der Waals surface area contributed by atoms with Gasteiger partial charge in [0.25, 0.3) is 0 Å².